The summed E-state index contributed by atoms with van der Waals surface area (Å²) < 4.78 is 53.7. The highest BCUT2D eigenvalue weighted by atomic mass is 32.2. The quantitative estimate of drug-likeness (QED) is 0.677. The van der Waals surface area contributed by atoms with Crippen molar-refractivity contribution in [3.63, 3.8) is 0 Å². The van der Waals surface area contributed by atoms with Crippen molar-refractivity contribution >= 4 is 21.4 Å². The topological polar surface area (TPSA) is 79.0 Å². The molecule has 2 aliphatic heterocycles. The van der Waals surface area contributed by atoms with Crippen molar-refractivity contribution < 1.29 is 26.7 Å². The molecule has 7 nitrogen and oxygen atoms in total. The van der Waals surface area contributed by atoms with Gasteiger partial charge in [-0.3, -0.25) is 14.6 Å². The van der Waals surface area contributed by atoms with Crippen LogP contribution < -0.4 is 10.1 Å². The van der Waals surface area contributed by atoms with E-state index in [9.17, 15) is 22.0 Å². The molecule has 172 valence electrons. The van der Waals surface area contributed by atoms with Crippen molar-refractivity contribution in [3.05, 3.63) is 53.6 Å². The van der Waals surface area contributed by atoms with Crippen molar-refractivity contribution in [1.82, 2.24) is 9.80 Å². The normalized spacial score (nSPS) is 17.2. The highest BCUT2D eigenvalue weighted by molar-refractivity contribution is 7.91. The maximum Gasteiger partial charge on any atom is 0.341 e. The number of anilines is 1. The first-order chi connectivity index (χ1) is 15.3. The highest BCUT2D eigenvalue weighted by Crippen LogP contribution is 2.26. The number of carbonyl (C=O) groups is 1. The number of fused-ring (bicyclic) bond motifs is 1. The van der Waals surface area contributed by atoms with Gasteiger partial charge in [-0.05, 0) is 41.5 Å². The number of piperazine rings is 1. The van der Waals surface area contributed by atoms with Crippen LogP contribution in [-0.2, 0) is 27.6 Å². The zero-order chi connectivity index (χ0) is 22.7. The van der Waals surface area contributed by atoms with Crippen molar-refractivity contribution in [2.45, 2.75) is 23.6 Å². The van der Waals surface area contributed by atoms with Gasteiger partial charge < -0.3 is 10.1 Å². The van der Waals surface area contributed by atoms with E-state index in [1.54, 1.807) is 0 Å². The summed E-state index contributed by atoms with van der Waals surface area (Å²) in [5.74, 6) is -2.73. The summed E-state index contributed by atoms with van der Waals surface area (Å²) in [5, 5.41) is 2.68. The molecular weight excluding hydrogens is 440 g/mol. The zero-order valence-electron chi connectivity index (χ0n) is 17.5. The summed E-state index contributed by atoms with van der Waals surface area (Å²) in [6.45, 7) is 5.03. The lowest BCUT2D eigenvalue weighted by Crippen LogP contribution is -2.48. The minimum absolute atomic E-state index is 0.209. The maximum absolute atomic E-state index is 12.6. The van der Waals surface area contributed by atoms with Crippen LogP contribution in [0.4, 0.5) is 14.5 Å². The second kappa shape index (κ2) is 9.51. The lowest BCUT2D eigenvalue weighted by molar-refractivity contribution is -0.117. The first-order valence-electron chi connectivity index (χ1n) is 10.4. The van der Waals surface area contributed by atoms with Crippen LogP contribution in [-0.4, -0.2) is 69.2 Å². The van der Waals surface area contributed by atoms with Gasteiger partial charge in [0.05, 0.1) is 18.0 Å². The van der Waals surface area contributed by atoms with Crippen molar-refractivity contribution in [2.24, 2.45) is 0 Å². The maximum atomic E-state index is 12.6. The van der Waals surface area contributed by atoms with Crippen LogP contribution in [0.2, 0.25) is 0 Å². The van der Waals surface area contributed by atoms with Crippen LogP contribution in [0.3, 0.4) is 0 Å². The summed E-state index contributed by atoms with van der Waals surface area (Å²) in [6, 6.07) is 11.1. The summed E-state index contributed by atoms with van der Waals surface area (Å²) >= 11 is 0. The van der Waals surface area contributed by atoms with Gasteiger partial charge in [0.1, 0.15) is 5.75 Å². The van der Waals surface area contributed by atoms with Gasteiger partial charge in [-0.25, -0.2) is 8.42 Å². The lowest BCUT2D eigenvalue weighted by atomic mass is 10.1. The Morgan fingerprint density at radius 1 is 1.03 bits per heavy atom. The Morgan fingerprint density at radius 3 is 2.41 bits per heavy atom. The minimum atomic E-state index is -4.64. The van der Waals surface area contributed by atoms with E-state index >= 15 is 0 Å². The summed E-state index contributed by atoms with van der Waals surface area (Å²) in [7, 11) is -4.64. The van der Waals surface area contributed by atoms with Crippen molar-refractivity contribution in [2.75, 3.05) is 44.6 Å². The molecule has 0 unspecified atom stereocenters. The van der Waals surface area contributed by atoms with E-state index < -0.39 is 20.5 Å². The molecule has 0 bridgehead atoms. The van der Waals surface area contributed by atoms with Crippen LogP contribution in [0.15, 0.2) is 47.4 Å². The van der Waals surface area contributed by atoms with Crippen molar-refractivity contribution in [3.8, 4) is 5.75 Å². The molecule has 1 fully saturated rings. The second-order valence-corrected chi connectivity index (χ2v) is 9.89. The average Bonchev–Trinajstić information content (AvgIpc) is 3.23. The molecular formula is C22H25F2N3O4S. The Morgan fingerprint density at radius 2 is 1.72 bits per heavy atom. The molecule has 10 heteroatoms. The number of amides is 1. The van der Waals surface area contributed by atoms with Crippen LogP contribution >= 0.6 is 0 Å². The summed E-state index contributed by atoms with van der Waals surface area (Å²) in [5.41, 5.74) is 2.89. The van der Waals surface area contributed by atoms with Crippen LogP contribution in [0.1, 0.15) is 11.1 Å². The highest BCUT2D eigenvalue weighted by Gasteiger charge is 2.26. The van der Waals surface area contributed by atoms with Gasteiger partial charge in [0.25, 0.3) is 0 Å². The first-order valence-corrected chi connectivity index (χ1v) is 12.0. The fourth-order valence-electron chi connectivity index (χ4n) is 3.94. The Labute approximate surface area is 185 Å². The molecule has 2 aromatic carbocycles. The Hall–Kier alpha value is -2.56. The van der Waals surface area contributed by atoms with Gasteiger partial charge in [0, 0.05) is 44.8 Å². The molecule has 2 aromatic rings. The standard InChI is InChI=1S/C22H25F2N3O4S/c23-22(24)32(29,30)19-4-2-18(3-5-19)25-21(28)15-27-10-8-26(9-11-27)14-16-1-6-20-17(13-16)7-12-31-20/h1-6,13,22H,7-12,14-15H2,(H,25,28). The Balaban J connectivity index is 1.23. The van der Waals surface area contributed by atoms with E-state index in [1.165, 1.54) is 23.3 Å². The number of ether oxygens (including phenoxy) is 1. The molecule has 1 amide bonds. The van der Waals surface area contributed by atoms with E-state index in [0.717, 1.165) is 63.6 Å². The number of nitrogens with zero attached hydrogens (tertiary/aromatic N) is 2. The summed E-state index contributed by atoms with van der Waals surface area (Å²) in [4.78, 5) is 16.3. The van der Waals surface area contributed by atoms with Gasteiger partial charge in [-0.15, -0.1) is 0 Å². The SMILES string of the molecule is O=C(CN1CCN(Cc2ccc3c(c2)CCO3)CC1)Nc1ccc(S(=O)(=O)C(F)F)cc1. The zero-order valence-corrected chi connectivity index (χ0v) is 18.3. The van der Waals surface area contributed by atoms with E-state index in [0.29, 0.717) is 5.69 Å². The fourth-order valence-corrected chi connectivity index (χ4v) is 4.66. The predicted octanol–water partition coefficient (Wildman–Crippen LogP) is 2.37. The lowest BCUT2D eigenvalue weighted by Gasteiger charge is -2.34. The number of rotatable bonds is 7. The average molecular weight is 466 g/mol. The van der Waals surface area contributed by atoms with Crippen LogP contribution in [0, 0.1) is 0 Å². The molecule has 0 aliphatic carbocycles. The first kappa shape index (κ1) is 22.6. The van der Waals surface area contributed by atoms with Gasteiger partial charge in [-0.2, -0.15) is 8.78 Å². The Kier molecular flexibility index (Phi) is 6.73. The molecule has 2 heterocycles. The molecule has 0 atom stereocenters. The smallest absolute Gasteiger partial charge is 0.341 e. The van der Waals surface area contributed by atoms with Crippen LogP contribution in [0.5, 0.6) is 5.75 Å². The molecule has 1 saturated heterocycles. The van der Waals surface area contributed by atoms with Gasteiger partial charge in [0.15, 0.2) is 0 Å². The third-order valence-corrected chi connectivity index (χ3v) is 7.09. The molecule has 32 heavy (non-hydrogen) atoms. The monoisotopic (exact) mass is 465 g/mol. The van der Waals surface area contributed by atoms with Crippen molar-refractivity contribution in [1.29, 1.82) is 0 Å². The predicted molar refractivity (Wildman–Crippen MR) is 116 cm³/mol. The molecule has 0 saturated carbocycles. The van der Waals surface area contributed by atoms with E-state index in [1.807, 2.05) is 6.07 Å². The van der Waals surface area contributed by atoms with Gasteiger partial charge in [-0.1, -0.05) is 12.1 Å². The molecule has 0 radical (unpaired) electrons. The molecule has 0 aromatic heterocycles. The van der Waals surface area contributed by atoms with E-state index in [2.05, 4.69) is 27.2 Å². The largest absolute Gasteiger partial charge is 0.493 e. The molecule has 1 N–H and O–H groups in total. The van der Waals surface area contributed by atoms with Gasteiger partial charge in [0.2, 0.25) is 15.7 Å². The Bertz CT molecular complexity index is 1070. The summed E-state index contributed by atoms with van der Waals surface area (Å²) in [6.07, 6.45) is 0.955. The number of sulfone groups is 1. The third kappa shape index (κ3) is 5.25. The number of alkyl halides is 2. The van der Waals surface area contributed by atoms with E-state index in [-0.39, 0.29) is 12.5 Å². The number of carbonyl (C=O) groups excluding carboxylic acids is 1. The van der Waals surface area contributed by atoms with Crippen LogP contribution in [0.25, 0.3) is 0 Å². The number of hydrogen-bond donors (Lipinski definition) is 1. The van der Waals surface area contributed by atoms with Gasteiger partial charge >= 0.3 is 5.76 Å². The van der Waals surface area contributed by atoms with E-state index in [4.69, 9.17) is 4.74 Å². The number of halogens is 2. The molecule has 4 rings (SSSR count). The fraction of sp³-hybridized carbons (Fsp3) is 0.409. The number of benzene rings is 2. The molecule has 0 spiro atoms. The number of nitrogens with one attached hydrogen (secondary N) is 1. The molecule has 2 aliphatic rings. The minimum Gasteiger partial charge on any atom is -0.493 e. The third-order valence-electron chi connectivity index (χ3n) is 5.69. The second-order valence-electron chi connectivity index (χ2n) is 7.97. The number of hydrogen-bond acceptors (Lipinski definition) is 6.